The smallest absolute Gasteiger partial charge is 0.240 e. The van der Waals surface area contributed by atoms with E-state index in [4.69, 9.17) is 10.5 Å². The molecule has 2 rings (SSSR count). The molecule has 1 fully saturated rings. The summed E-state index contributed by atoms with van der Waals surface area (Å²) in [4.78, 5) is 2.46. The average Bonchev–Trinajstić information content (AvgIpc) is 2.47. The van der Waals surface area contributed by atoms with Gasteiger partial charge in [-0.1, -0.05) is 12.1 Å². The fraction of sp³-hybridized carbons (Fsp3) is 0.571. The third kappa shape index (κ3) is 4.76. The highest BCUT2D eigenvalue weighted by Crippen LogP contribution is 2.12. The summed E-state index contributed by atoms with van der Waals surface area (Å²) >= 11 is 0. The zero-order chi connectivity index (χ0) is 15.3. The lowest BCUT2D eigenvalue weighted by atomic mass is 10.2. The van der Waals surface area contributed by atoms with E-state index in [0.717, 1.165) is 18.7 Å². The van der Waals surface area contributed by atoms with Crippen LogP contribution in [0, 0.1) is 0 Å². The summed E-state index contributed by atoms with van der Waals surface area (Å²) in [7, 11) is -3.51. The van der Waals surface area contributed by atoms with Crippen molar-refractivity contribution in [3.05, 3.63) is 29.8 Å². The maximum Gasteiger partial charge on any atom is 0.240 e. The average molecular weight is 313 g/mol. The second kappa shape index (κ2) is 7.33. The summed E-state index contributed by atoms with van der Waals surface area (Å²) in [5.74, 6) is 0. The molecule has 0 aliphatic carbocycles. The Hall–Kier alpha value is -0.990. The number of ether oxygens (including phenoxy) is 1. The van der Waals surface area contributed by atoms with E-state index in [0.29, 0.717) is 26.3 Å². The van der Waals surface area contributed by atoms with Crippen molar-refractivity contribution in [2.24, 2.45) is 5.73 Å². The summed E-state index contributed by atoms with van der Waals surface area (Å²) in [6, 6.07) is 6.57. The summed E-state index contributed by atoms with van der Waals surface area (Å²) in [6.07, 6.45) is 0. The molecule has 1 aliphatic rings. The van der Waals surface area contributed by atoms with Gasteiger partial charge in [0.05, 0.1) is 18.1 Å². The van der Waals surface area contributed by atoms with Crippen LogP contribution >= 0.6 is 0 Å². The molecule has 0 saturated carbocycles. The van der Waals surface area contributed by atoms with E-state index in [1.165, 1.54) is 0 Å². The molecule has 0 aromatic heterocycles. The van der Waals surface area contributed by atoms with Crippen LogP contribution in [0.5, 0.6) is 0 Å². The molecule has 1 saturated heterocycles. The van der Waals surface area contributed by atoms with Gasteiger partial charge in [-0.25, -0.2) is 13.1 Å². The normalized spacial score (nSPS) is 18.6. The lowest BCUT2D eigenvalue weighted by Crippen LogP contribution is -2.45. The van der Waals surface area contributed by atoms with Crippen LogP contribution in [-0.2, 0) is 21.3 Å². The van der Waals surface area contributed by atoms with E-state index in [1.54, 1.807) is 18.2 Å². The van der Waals surface area contributed by atoms with Crippen molar-refractivity contribution in [1.82, 2.24) is 9.62 Å². The summed E-state index contributed by atoms with van der Waals surface area (Å²) < 4.78 is 32.7. The zero-order valence-electron chi connectivity index (χ0n) is 12.3. The van der Waals surface area contributed by atoms with Crippen molar-refractivity contribution >= 4 is 10.0 Å². The minimum atomic E-state index is -3.51. The lowest BCUT2D eigenvalue weighted by Gasteiger charge is -2.29. The Kier molecular flexibility index (Phi) is 5.72. The van der Waals surface area contributed by atoms with Gasteiger partial charge >= 0.3 is 0 Å². The Bertz CT molecular complexity index is 556. The van der Waals surface area contributed by atoms with Gasteiger partial charge in [-0.15, -0.1) is 0 Å². The minimum absolute atomic E-state index is 0.158. The highest BCUT2D eigenvalue weighted by molar-refractivity contribution is 7.89. The number of nitrogens with two attached hydrogens (primary N) is 1. The fourth-order valence-electron chi connectivity index (χ4n) is 2.38. The van der Waals surface area contributed by atoms with Crippen molar-refractivity contribution in [2.75, 3.05) is 32.8 Å². The van der Waals surface area contributed by atoms with E-state index in [-0.39, 0.29) is 10.9 Å². The lowest BCUT2D eigenvalue weighted by molar-refractivity contribution is 0.0354. The molecule has 118 valence electrons. The van der Waals surface area contributed by atoms with Crippen LogP contribution in [0.2, 0.25) is 0 Å². The molecule has 6 nitrogen and oxygen atoms in total. The summed E-state index contributed by atoms with van der Waals surface area (Å²) in [6.45, 7) is 5.98. The molecule has 7 heteroatoms. The van der Waals surface area contributed by atoms with E-state index in [1.807, 2.05) is 13.0 Å². The predicted octanol–water partition coefficient (Wildman–Crippen LogP) is 0.144. The number of morpholine rings is 1. The first-order valence-electron chi connectivity index (χ1n) is 7.13. The number of hydrogen-bond acceptors (Lipinski definition) is 5. The predicted molar refractivity (Wildman–Crippen MR) is 81.4 cm³/mol. The van der Waals surface area contributed by atoms with Crippen molar-refractivity contribution < 1.29 is 13.2 Å². The molecule has 21 heavy (non-hydrogen) atoms. The molecule has 1 aliphatic heterocycles. The maximum atomic E-state index is 12.4. The van der Waals surface area contributed by atoms with Gasteiger partial charge in [-0.05, 0) is 24.6 Å². The second-order valence-electron chi connectivity index (χ2n) is 5.29. The standard InChI is InChI=1S/C14H23N3O3S/c1-12(11-17-5-7-20-8-6-17)16-21(18,19)14-4-2-3-13(9-14)10-15/h2-4,9,12,16H,5-8,10-11,15H2,1H3. The number of benzene rings is 1. The third-order valence-electron chi connectivity index (χ3n) is 3.44. The Labute approximate surface area is 126 Å². The van der Waals surface area contributed by atoms with Gasteiger partial charge in [-0.2, -0.15) is 0 Å². The first-order chi connectivity index (χ1) is 10.0. The molecule has 1 unspecified atom stereocenters. The quantitative estimate of drug-likeness (QED) is 0.781. The van der Waals surface area contributed by atoms with Crippen molar-refractivity contribution in [2.45, 2.75) is 24.4 Å². The number of nitrogens with zero attached hydrogens (tertiary/aromatic N) is 1. The van der Waals surface area contributed by atoms with Gasteiger partial charge in [0.1, 0.15) is 0 Å². The number of sulfonamides is 1. The number of nitrogens with one attached hydrogen (secondary N) is 1. The zero-order valence-corrected chi connectivity index (χ0v) is 13.1. The maximum absolute atomic E-state index is 12.4. The fourth-order valence-corrected chi connectivity index (χ4v) is 3.69. The number of hydrogen-bond donors (Lipinski definition) is 2. The molecule has 1 aromatic carbocycles. The minimum Gasteiger partial charge on any atom is -0.379 e. The van der Waals surface area contributed by atoms with Crippen LogP contribution in [0.3, 0.4) is 0 Å². The van der Waals surface area contributed by atoms with Crippen molar-refractivity contribution in [1.29, 1.82) is 0 Å². The van der Waals surface area contributed by atoms with Crippen molar-refractivity contribution in [3.8, 4) is 0 Å². The van der Waals surface area contributed by atoms with E-state index >= 15 is 0 Å². The third-order valence-corrected chi connectivity index (χ3v) is 5.02. The molecule has 1 heterocycles. The Balaban J connectivity index is 1.98. The summed E-state index contributed by atoms with van der Waals surface area (Å²) in [5.41, 5.74) is 6.36. The summed E-state index contributed by atoms with van der Waals surface area (Å²) in [5, 5.41) is 0. The van der Waals surface area contributed by atoms with Gasteiger partial charge in [0.25, 0.3) is 0 Å². The number of rotatable bonds is 6. The van der Waals surface area contributed by atoms with Crippen molar-refractivity contribution in [3.63, 3.8) is 0 Å². The molecular formula is C14H23N3O3S. The van der Waals surface area contributed by atoms with Gasteiger partial charge in [-0.3, -0.25) is 4.90 Å². The highest BCUT2D eigenvalue weighted by Gasteiger charge is 2.20. The van der Waals surface area contributed by atoms with E-state index < -0.39 is 10.0 Å². The molecule has 1 aromatic rings. The van der Waals surface area contributed by atoms with Crippen LogP contribution in [-0.4, -0.2) is 52.2 Å². The molecule has 0 radical (unpaired) electrons. The largest absolute Gasteiger partial charge is 0.379 e. The van der Waals surface area contributed by atoms with Gasteiger partial charge in [0, 0.05) is 32.2 Å². The van der Waals surface area contributed by atoms with Gasteiger partial charge < -0.3 is 10.5 Å². The Morgan fingerprint density at radius 2 is 2.10 bits per heavy atom. The molecule has 3 N–H and O–H groups in total. The molecule has 0 amide bonds. The van der Waals surface area contributed by atoms with Crippen LogP contribution in [0.4, 0.5) is 0 Å². The molecule has 1 atom stereocenters. The van der Waals surface area contributed by atoms with Crippen LogP contribution < -0.4 is 10.5 Å². The Morgan fingerprint density at radius 3 is 2.76 bits per heavy atom. The second-order valence-corrected chi connectivity index (χ2v) is 7.00. The van der Waals surface area contributed by atoms with Gasteiger partial charge in [0.2, 0.25) is 10.0 Å². The first kappa shape index (κ1) is 16.4. The molecule has 0 bridgehead atoms. The van der Waals surface area contributed by atoms with E-state index in [2.05, 4.69) is 9.62 Å². The van der Waals surface area contributed by atoms with E-state index in [9.17, 15) is 8.42 Å². The monoisotopic (exact) mass is 313 g/mol. The highest BCUT2D eigenvalue weighted by atomic mass is 32.2. The van der Waals surface area contributed by atoms with Gasteiger partial charge in [0.15, 0.2) is 0 Å². The molecule has 0 spiro atoms. The van der Waals surface area contributed by atoms with Crippen LogP contribution in [0.15, 0.2) is 29.2 Å². The molecular weight excluding hydrogens is 290 g/mol. The van der Waals surface area contributed by atoms with Crippen LogP contribution in [0.1, 0.15) is 12.5 Å². The first-order valence-corrected chi connectivity index (χ1v) is 8.61. The SMILES string of the molecule is CC(CN1CCOCC1)NS(=O)(=O)c1cccc(CN)c1. The topological polar surface area (TPSA) is 84.7 Å². The Morgan fingerprint density at radius 1 is 1.38 bits per heavy atom. The van der Waals surface area contributed by atoms with Crippen LogP contribution in [0.25, 0.3) is 0 Å².